The van der Waals surface area contributed by atoms with E-state index in [2.05, 4.69) is 15.5 Å². The number of methoxy groups -OCH3 is 1. The third-order valence-corrected chi connectivity index (χ3v) is 4.86. The second-order valence-corrected chi connectivity index (χ2v) is 6.99. The van der Waals surface area contributed by atoms with E-state index < -0.39 is 5.97 Å². The molecule has 1 aliphatic carbocycles. The van der Waals surface area contributed by atoms with Crippen molar-refractivity contribution in [1.29, 1.82) is 0 Å². The van der Waals surface area contributed by atoms with Gasteiger partial charge in [-0.25, -0.2) is 0 Å². The quantitative estimate of drug-likeness (QED) is 0.585. The fourth-order valence-electron chi connectivity index (χ4n) is 3.52. The maximum absolute atomic E-state index is 11.4. The molecule has 0 bridgehead atoms. The third kappa shape index (κ3) is 9.30. The van der Waals surface area contributed by atoms with E-state index in [4.69, 9.17) is 9.26 Å². The Kier molecular flexibility index (Phi) is 12.1. The lowest BCUT2D eigenvalue weighted by molar-refractivity contribution is -0.137. The number of nitrogens with zero attached hydrogens (tertiary/aromatic N) is 2. The van der Waals surface area contributed by atoms with E-state index in [9.17, 15) is 14.7 Å². The summed E-state index contributed by atoms with van der Waals surface area (Å²) in [7, 11) is 1.44. The first-order valence-corrected chi connectivity index (χ1v) is 10.4. The summed E-state index contributed by atoms with van der Waals surface area (Å²) in [5, 5.41) is 15.6. The molecule has 0 saturated heterocycles. The summed E-state index contributed by atoms with van der Waals surface area (Å²) < 4.78 is 9.99. The Morgan fingerprint density at radius 1 is 1.29 bits per heavy atom. The number of ether oxygens (including phenoxy) is 1. The minimum Gasteiger partial charge on any atom is -0.481 e. The molecule has 1 aromatic rings. The fraction of sp³-hybridized carbons (Fsp3) is 0.800. The van der Waals surface area contributed by atoms with Crippen LogP contribution in [0.1, 0.15) is 89.3 Å². The Morgan fingerprint density at radius 3 is 2.64 bits per heavy atom. The van der Waals surface area contributed by atoms with Gasteiger partial charge in [0.1, 0.15) is 6.61 Å². The second-order valence-electron chi connectivity index (χ2n) is 6.99. The fourth-order valence-corrected chi connectivity index (χ4v) is 3.52. The number of carbonyl (C=O) groups is 2. The van der Waals surface area contributed by atoms with Crippen molar-refractivity contribution in [2.24, 2.45) is 5.92 Å². The summed E-state index contributed by atoms with van der Waals surface area (Å²) in [4.78, 5) is 26.8. The van der Waals surface area contributed by atoms with Crippen molar-refractivity contribution < 1.29 is 24.0 Å². The van der Waals surface area contributed by atoms with Gasteiger partial charge in [0.25, 0.3) is 0 Å². The molecule has 1 unspecified atom stereocenters. The molecule has 160 valence electrons. The van der Waals surface area contributed by atoms with Crippen molar-refractivity contribution in [2.75, 3.05) is 13.7 Å². The molecule has 1 saturated carbocycles. The van der Waals surface area contributed by atoms with Gasteiger partial charge in [-0.1, -0.05) is 63.9 Å². The van der Waals surface area contributed by atoms with E-state index in [1.807, 2.05) is 13.8 Å². The topological polar surface area (TPSA) is 115 Å². The third-order valence-electron chi connectivity index (χ3n) is 4.86. The molecule has 8 nitrogen and oxygen atoms in total. The molecule has 1 aliphatic rings. The van der Waals surface area contributed by atoms with Crippen LogP contribution in [0, 0.1) is 5.92 Å². The molecular formula is C20H35N3O5. The van der Waals surface area contributed by atoms with Gasteiger partial charge in [0.15, 0.2) is 5.82 Å². The highest BCUT2D eigenvalue weighted by atomic mass is 16.5. The number of aliphatic carboxylic acids is 1. The Bertz CT molecular complexity index is 570. The Morgan fingerprint density at radius 2 is 2.00 bits per heavy atom. The number of rotatable bonds is 11. The number of aromatic nitrogens is 2. The van der Waals surface area contributed by atoms with Crippen LogP contribution in [0.2, 0.25) is 0 Å². The van der Waals surface area contributed by atoms with E-state index in [1.165, 1.54) is 39.2 Å². The lowest BCUT2D eigenvalue weighted by Gasteiger charge is -2.21. The van der Waals surface area contributed by atoms with E-state index in [0.717, 1.165) is 25.2 Å². The number of carboxylic acid groups (broad SMARTS) is 1. The molecule has 1 amide bonds. The van der Waals surface area contributed by atoms with Gasteiger partial charge in [-0.2, -0.15) is 4.98 Å². The number of carboxylic acids is 1. The van der Waals surface area contributed by atoms with Gasteiger partial charge in [-0.05, 0) is 12.3 Å². The SMILES string of the molecule is CC.COCC(=O)NCc1noc(C(CCCC2CCCCC2)CC(=O)O)n1. The predicted octanol–water partition coefficient (Wildman–Crippen LogP) is 3.67. The number of hydrogen-bond donors (Lipinski definition) is 2. The first-order chi connectivity index (χ1) is 13.6. The summed E-state index contributed by atoms with van der Waals surface area (Å²) in [5.41, 5.74) is 0. The van der Waals surface area contributed by atoms with Gasteiger partial charge in [0.2, 0.25) is 11.8 Å². The van der Waals surface area contributed by atoms with E-state index >= 15 is 0 Å². The number of hydrogen-bond acceptors (Lipinski definition) is 6. The predicted molar refractivity (Wildman–Crippen MR) is 105 cm³/mol. The lowest BCUT2D eigenvalue weighted by Crippen LogP contribution is -2.27. The van der Waals surface area contributed by atoms with E-state index in [1.54, 1.807) is 0 Å². The van der Waals surface area contributed by atoms with Crippen molar-refractivity contribution >= 4 is 11.9 Å². The van der Waals surface area contributed by atoms with Crippen LogP contribution in [0.15, 0.2) is 4.52 Å². The van der Waals surface area contributed by atoms with Gasteiger partial charge in [-0.3, -0.25) is 9.59 Å². The summed E-state index contributed by atoms with van der Waals surface area (Å²) in [6.07, 6.45) is 9.32. The zero-order valence-corrected chi connectivity index (χ0v) is 17.4. The number of nitrogens with one attached hydrogen (secondary N) is 1. The minimum atomic E-state index is -0.874. The summed E-state index contributed by atoms with van der Waals surface area (Å²) in [6, 6.07) is 0. The second kappa shape index (κ2) is 14.1. The van der Waals surface area contributed by atoms with Crippen LogP contribution in [0.3, 0.4) is 0 Å². The zero-order valence-electron chi connectivity index (χ0n) is 17.4. The average Bonchev–Trinajstić information content (AvgIpc) is 3.17. The molecule has 1 atom stereocenters. The largest absolute Gasteiger partial charge is 0.481 e. The maximum atomic E-state index is 11.4. The molecule has 28 heavy (non-hydrogen) atoms. The summed E-state index contributed by atoms with van der Waals surface area (Å²) in [5.74, 6) is 0.0175. The lowest BCUT2D eigenvalue weighted by atomic mass is 9.84. The zero-order chi connectivity index (χ0) is 20.8. The van der Waals surface area contributed by atoms with Crippen LogP contribution in [0.5, 0.6) is 0 Å². The molecule has 0 radical (unpaired) electrons. The highest BCUT2D eigenvalue weighted by Crippen LogP contribution is 2.31. The molecule has 1 heterocycles. The Labute approximate surface area is 167 Å². The first-order valence-electron chi connectivity index (χ1n) is 10.4. The molecule has 2 N–H and O–H groups in total. The van der Waals surface area contributed by atoms with Crippen molar-refractivity contribution in [2.45, 2.75) is 84.1 Å². The molecular weight excluding hydrogens is 362 g/mol. The van der Waals surface area contributed by atoms with Crippen molar-refractivity contribution in [3.8, 4) is 0 Å². The Hall–Kier alpha value is -1.96. The van der Waals surface area contributed by atoms with Gasteiger partial charge in [0, 0.05) is 13.0 Å². The summed E-state index contributed by atoms with van der Waals surface area (Å²) >= 11 is 0. The normalized spacial score (nSPS) is 15.4. The van der Waals surface area contributed by atoms with Gasteiger partial charge in [0.05, 0.1) is 13.0 Å². The number of amides is 1. The van der Waals surface area contributed by atoms with Crippen LogP contribution in [0.25, 0.3) is 0 Å². The smallest absolute Gasteiger partial charge is 0.304 e. The van der Waals surface area contributed by atoms with Crippen LogP contribution >= 0.6 is 0 Å². The monoisotopic (exact) mass is 397 g/mol. The van der Waals surface area contributed by atoms with Crippen LogP contribution in [-0.4, -0.2) is 40.8 Å². The van der Waals surface area contributed by atoms with Crippen molar-refractivity contribution in [3.05, 3.63) is 11.7 Å². The minimum absolute atomic E-state index is 0.0255. The van der Waals surface area contributed by atoms with E-state index in [-0.39, 0.29) is 31.4 Å². The molecule has 0 spiro atoms. The molecule has 1 aromatic heterocycles. The van der Waals surface area contributed by atoms with Gasteiger partial charge >= 0.3 is 5.97 Å². The molecule has 0 aliphatic heterocycles. The molecule has 8 heteroatoms. The van der Waals surface area contributed by atoms with E-state index in [0.29, 0.717) is 11.7 Å². The van der Waals surface area contributed by atoms with Crippen LogP contribution in [0.4, 0.5) is 0 Å². The Balaban J connectivity index is 0.00000190. The highest BCUT2D eigenvalue weighted by Gasteiger charge is 2.23. The molecule has 2 rings (SSSR count). The van der Waals surface area contributed by atoms with Gasteiger partial charge < -0.3 is 19.7 Å². The highest BCUT2D eigenvalue weighted by molar-refractivity contribution is 5.77. The number of carbonyl (C=O) groups excluding carboxylic acids is 1. The molecule has 0 aromatic carbocycles. The first kappa shape index (κ1) is 24.1. The summed E-state index contributed by atoms with van der Waals surface area (Å²) in [6.45, 7) is 4.10. The van der Waals surface area contributed by atoms with Crippen molar-refractivity contribution in [3.63, 3.8) is 0 Å². The van der Waals surface area contributed by atoms with Crippen molar-refractivity contribution in [1.82, 2.24) is 15.5 Å². The standard InChI is InChI=1S/C18H29N3O5.C2H6/c1-25-12-16(22)19-11-15-20-18(26-21-15)14(10-17(23)24)9-5-8-13-6-3-2-4-7-13;1-2/h13-14H,2-12H2,1H3,(H,19,22)(H,23,24);1-2H3. The van der Waals surface area contributed by atoms with Crippen LogP contribution in [-0.2, 0) is 20.9 Å². The van der Waals surface area contributed by atoms with Crippen LogP contribution < -0.4 is 5.32 Å². The molecule has 1 fully saturated rings. The maximum Gasteiger partial charge on any atom is 0.304 e. The average molecular weight is 398 g/mol. The van der Waals surface area contributed by atoms with Gasteiger partial charge in [-0.15, -0.1) is 0 Å².